The van der Waals surface area contributed by atoms with Crippen LogP contribution in [0.3, 0.4) is 0 Å². The summed E-state index contributed by atoms with van der Waals surface area (Å²) in [4.78, 5) is 12.3. The van der Waals surface area contributed by atoms with Gasteiger partial charge in [0.1, 0.15) is 0 Å². The highest BCUT2D eigenvalue weighted by molar-refractivity contribution is 7.89. The maximum absolute atomic E-state index is 12.3. The molecule has 6 nitrogen and oxygen atoms in total. The van der Waals surface area contributed by atoms with Crippen LogP contribution >= 0.6 is 0 Å². The van der Waals surface area contributed by atoms with Gasteiger partial charge in [0.25, 0.3) is 0 Å². The molecular weight excluding hydrogens is 314 g/mol. The Bertz CT molecular complexity index is 481. The van der Waals surface area contributed by atoms with E-state index in [9.17, 15) is 13.2 Å². The molecule has 1 unspecified atom stereocenters. The van der Waals surface area contributed by atoms with E-state index in [4.69, 9.17) is 5.73 Å². The molecule has 23 heavy (non-hydrogen) atoms. The summed E-state index contributed by atoms with van der Waals surface area (Å²) in [6.45, 7) is 2.63. The Morgan fingerprint density at radius 2 is 1.78 bits per heavy atom. The molecule has 1 saturated carbocycles. The van der Waals surface area contributed by atoms with Crippen molar-refractivity contribution in [2.24, 2.45) is 11.7 Å². The largest absolute Gasteiger partial charge is 0.352 e. The van der Waals surface area contributed by atoms with Crippen molar-refractivity contribution in [1.29, 1.82) is 0 Å². The lowest BCUT2D eigenvalue weighted by molar-refractivity contribution is -0.123. The smallest absolute Gasteiger partial charge is 0.237 e. The number of carbonyl (C=O) groups is 1. The monoisotopic (exact) mass is 345 g/mol. The first-order valence-electron chi connectivity index (χ1n) is 8.96. The molecule has 1 aliphatic carbocycles. The van der Waals surface area contributed by atoms with E-state index in [2.05, 4.69) is 5.32 Å². The zero-order valence-electron chi connectivity index (χ0n) is 14.2. The van der Waals surface area contributed by atoms with Crippen LogP contribution in [-0.4, -0.2) is 49.6 Å². The lowest BCUT2D eigenvalue weighted by Crippen LogP contribution is -2.51. The van der Waals surface area contributed by atoms with Crippen molar-refractivity contribution in [3.8, 4) is 0 Å². The molecule has 1 aliphatic heterocycles. The van der Waals surface area contributed by atoms with Crippen molar-refractivity contribution in [3.63, 3.8) is 0 Å². The molecule has 134 valence electrons. The highest BCUT2D eigenvalue weighted by Crippen LogP contribution is 2.27. The Labute approximate surface area is 140 Å². The molecule has 1 saturated heterocycles. The quantitative estimate of drug-likeness (QED) is 0.757. The van der Waals surface area contributed by atoms with Gasteiger partial charge in [0, 0.05) is 19.1 Å². The second kappa shape index (κ2) is 8.44. The van der Waals surface area contributed by atoms with Crippen molar-refractivity contribution >= 4 is 15.9 Å². The molecule has 0 aromatic rings. The Balaban J connectivity index is 1.73. The molecule has 7 heteroatoms. The van der Waals surface area contributed by atoms with E-state index in [1.54, 1.807) is 6.92 Å². The summed E-state index contributed by atoms with van der Waals surface area (Å²) in [5.41, 5.74) is 6.06. The van der Waals surface area contributed by atoms with Crippen molar-refractivity contribution in [2.75, 3.05) is 18.8 Å². The maximum Gasteiger partial charge on any atom is 0.237 e. The molecule has 3 N–H and O–H groups in total. The van der Waals surface area contributed by atoms with Crippen LogP contribution in [0.4, 0.5) is 0 Å². The summed E-state index contributed by atoms with van der Waals surface area (Å²) in [7, 11) is -3.11. The molecule has 0 aromatic heterocycles. The van der Waals surface area contributed by atoms with Crippen LogP contribution in [-0.2, 0) is 14.8 Å². The normalized spacial score (nSPS) is 23.6. The number of carbonyl (C=O) groups excluding carboxylic acids is 1. The van der Waals surface area contributed by atoms with E-state index in [1.165, 1.54) is 36.4 Å². The molecule has 2 aliphatic rings. The van der Waals surface area contributed by atoms with E-state index in [0.29, 0.717) is 31.8 Å². The van der Waals surface area contributed by atoms with Crippen LogP contribution in [0.5, 0.6) is 0 Å². The number of nitrogens with zero attached hydrogens (tertiary/aromatic N) is 1. The van der Waals surface area contributed by atoms with Gasteiger partial charge in [0.2, 0.25) is 15.9 Å². The third-order valence-electron chi connectivity index (χ3n) is 5.21. The number of hydrogen-bond donors (Lipinski definition) is 2. The maximum atomic E-state index is 12.3. The van der Waals surface area contributed by atoms with Crippen LogP contribution < -0.4 is 11.1 Å². The van der Waals surface area contributed by atoms with Crippen LogP contribution in [0.15, 0.2) is 0 Å². The minimum absolute atomic E-state index is 0.0446. The molecule has 1 heterocycles. The van der Waals surface area contributed by atoms with E-state index in [0.717, 1.165) is 6.42 Å². The van der Waals surface area contributed by atoms with Gasteiger partial charge >= 0.3 is 0 Å². The van der Waals surface area contributed by atoms with Gasteiger partial charge in [0.15, 0.2) is 0 Å². The first-order chi connectivity index (χ1) is 10.9. The summed E-state index contributed by atoms with van der Waals surface area (Å²) < 4.78 is 25.2. The van der Waals surface area contributed by atoms with Crippen molar-refractivity contribution in [2.45, 2.75) is 70.4 Å². The zero-order valence-corrected chi connectivity index (χ0v) is 15.0. The van der Waals surface area contributed by atoms with E-state index >= 15 is 0 Å². The van der Waals surface area contributed by atoms with Crippen molar-refractivity contribution in [3.05, 3.63) is 0 Å². The summed E-state index contributed by atoms with van der Waals surface area (Å²) in [6, 6.07) is -0.390. The fourth-order valence-corrected chi connectivity index (χ4v) is 4.79. The van der Waals surface area contributed by atoms with Crippen LogP contribution in [0.25, 0.3) is 0 Å². The number of hydrogen-bond acceptors (Lipinski definition) is 4. The predicted molar refractivity (Wildman–Crippen MR) is 91.4 cm³/mol. The standard InChI is InChI=1S/C16H31N3O3S/c1-2-23(21,22)19-10-8-14(9-11-19)18-16(20)15(17)12-13-6-4-3-5-7-13/h13-15H,2-12,17H2,1H3,(H,18,20). The van der Waals surface area contributed by atoms with Gasteiger partial charge in [-0.05, 0) is 32.1 Å². The summed E-state index contributed by atoms with van der Waals surface area (Å²) in [6.07, 6.45) is 8.30. The SMILES string of the molecule is CCS(=O)(=O)N1CCC(NC(=O)C(N)CC2CCCCC2)CC1. The Hall–Kier alpha value is -0.660. The van der Waals surface area contributed by atoms with Gasteiger partial charge < -0.3 is 11.1 Å². The average Bonchev–Trinajstić information content (AvgIpc) is 2.56. The molecule has 2 rings (SSSR count). The number of sulfonamides is 1. The minimum atomic E-state index is -3.11. The van der Waals surface area contributed by atoms with Gasteiger partial charge in [-0.15, -0.1) is 0 Å². The number of piperidine rings is 1. The average molecular weight is 346 g/mol. The van der Waals surface area contributed by atoms with Crippen molar-refractivity contribution in [1.82, 2.24) is 9.62 Å². The zero-order chi connectivity index (χ0) is 16.9. The first kappa shape index (κ1) is 18.7. The fraction of sp³-hybridized carbons (Fsp3) is 0.938. The van der Waals surface area contributed by atoms with E-state index in [-0.39, 0.29) is 17.7 Å². The summed E-state index contributed by atoms with van der Waals surface area (Å²) in [5, 5.41) is 3.01. The van der Waals surface area contributed by atoms with Crippen LogP contribution in [0.2, 0.25) is 0 Å². The molecule has 1 amide bonds. The minimum Gasteiger partial charge on any atom is -0.352 e. The number of nitrogens with one attached hydrogen (secondary N) is 1. The highest BCUT2D eigenvalue weighted by Gasteiger charge is 2.29. The van der Waals surface area contributed by atoms with Crippen LogP contribution in [0.1, 0.15) is 58.3 Å². The number of nitrogens with two attached hydrogens (primary N) is 1. The van der Waals surface area contributed by atoms with E-state index < -0.39 is 16.1 Å². The number of amides is 1. The van der Waals surface area contributed by atoms with Gasteiger partial charge in [0.05, 0.1) is 11.8 Å². The third kappa shape index (κ3) is 5.43. The molecular formula is C16H31N3O3S. The van der Waals surface area contributed by atoms with Gasteiger partial charge in [-0.2, -0.15) is 0 Å². The van der Waals surface area contributed by atoms with Gasteiger partial charge in [-0.25, -0.2) is 12.7 Å². The molecule has 1 atom stereocenters. The Morgan fingerprint density at radius 3 is 2.35 bits per heavy atom. The summed E-state index contributed by atoms with van der Waals surface area (Å²) in [5.74, 6) is 0.643. The summed E-state index contributed by atoms with van der Waals surface area (Å²) >= 11 is 0. The van der Waals surface area contributed by atoms with Crippen LogP contribution in [0, 0.1) is 5.92 Å². The fourth-order valence-electron chi connectivity index (χ4n) is 3.66. The number of rotatable bonds is 6. The van der Waals surface area contributed by atoms with E-state index in [1.807, 2.05) is 0 Å². The second-order valence-corrected chi connectivity index (χ2v) is 9.19. The van der Waals surface area contributed by atoms with Crippen molar-refractivity contribution < 1.29 is 13.2 Å². The van der Waals surface area contributed by atoms with Gasteiger partial charge in [-0.1, -0.05) is 32.1 Å². The molecule has 0 bridgehead atoms. The molecule has 0 radical (unpaired) electrons. The highest BCUT2D eigenvalue weighted by atomic mass is 32.2. The second-order valence-electron chi connectivity index (χ2n) is 6.93. The third-order valence-corrected chi connectivity index (χ3v) is 7.09. The Morgan fingerprint density at radius 1 is 1.17 bits per heavy atom. The molecule has 0 spiro atoms. The molecule has 2 fully saturated rings. The lowest BCUT2D eigenvalue weighted by Gasteiger charge is -2.32. The topological polar surface area (TPSA) is 92.5 Å². The lowest BCUT2D eigenvalue weighted by atomic mass is 9.85. The predicted octanol–water partition coefficient (Wildman–Crippen LogP) is 1.21. The van der Waals surface area contributed by atoms with Gasteiger partial charge in [-0.3, -0.25) is 4.79 Å². The first-order valence-corrected chi connectivity index (χ1v) is 10.6. The Kier molecular flexibility index (Phi) is 6.85. The molecule has 0 aromatic carbocycles.